The Kier molecular flexibility index (Phi) is 8.85. The second-order valence-corrected chi connectivity index (χ2v) is 21.3. The predicted molar refractivity (Wildman–Crippen MR) is 315 cm³/mol. The molecule has 346 valence electrons. The van der Waals surface area contributed by atoms with Crippen molar-refractivity contribution in [3.05, 3.63) is 235 Å². The third-order valence-electron chi connectivity index (χ3n) is 15.4. The highest BCUT2D eigenvalue weighted by molar-refractivity contribution is 7.27. The minimum Gasteiger partial charge on any atom is -0.456 e. The van der Waals surface area contributed by atoms with E-state index in [2.05, 4.69) is 179 Å². The molecule has 0 saturated carbocycles. The summed E-state index contributed by atoms with van der Waals surface area (Å²) in [6.45, 7) is 9.61. The molecule has 5 heterocycles. The summed E-state index contributed by atoms with van der Waals surface area (Å²) in [4.78, 5) is 4.69. The summed E-state index contributed by atoms with van der Waals surface area (Å²) < 4.78 is 16.2. The van der Waals surface area contributed by atoms with Crippen molar-refractivity contribution < 1.29 is 4.42 Å². The summed E-state index contributed by atoms with van der Waals surface area (Å²) >= 11 is 3.59. The van der Waals surface area contributed by atoms with Crippen molar-refractivity contribution in [1.82, 2.24) is 9.13 Å². The normalized spacial score (nSPS) is 12.0. The van der Waals surface area contributed by atoms with E-state index in [9.17, 15) is 11.8 Å². The van der Waals surface area contributed by atoms with Crippen LogP contribution in [0.25, 0.3) is 155 Å². The first-order valence-corrected chi connectivity index (χ1v) is 26.6. The lowest BCUT2D eigenvalue weighted by molar-refractivity contribution is 0.669. The SMILES string of the molecule is [C-]#[N+]c1c(-c2ccccc2)c(C#N)c(-n2c3cc4oc5ccccc5c4cc3c3cccc(-c4ccccc4)c32)c(-c2ccccc2)c1-n1c2c(ccc3c4ccccc4sc32)c2ccc3c4ccccc4sc3c21. The number of aromatic nitrogens is 2. The van der Waals surface area contributed by atoms with Crippen molar-refractivity contribution in [1.29, 1.82) is 5.26 Å². The van der Waals surface area contributed by atoms with Gasteiger partial charge in [-0.2, -0.15) is 5.26 Å². The predicted octanol–water partition coefficient (Wildman–Crippen LogP) is 19.9. The van der Waals surface area contributed by atoms with Crippen LogP contribution in [0.3, 0.4) is 0 Å². The Morgan fingerprint density at radius 1 is 0.413 bits per heavy atom. The zero-order chi connectivity index (χ0) is 49.5. The molecule has 0 atom stereocenters. The van der Waals surface area contributed by atoms with E-state index in [1.807, 2.05) is 54.6 Å². The molecule has 0 aliphatic carbocycles. The lowest BCUT2D eigenvalue weighted by Crippen LogP contribution is -2.09. The van der Waals surface area contributed by atoms with Crippen molar-refractivity contribution in [2.45, 2.75) is 0 Å². The summed E-state index contributed by atoms with van der Waals surface area (Å²) in [6, 6.07) is 79.6. The van der Waals surface area contributed by atoms with Gasteiger partial charge in [-0.25, -0.2) is 4.85 Å². The van der Waals surface area contributed by atoms with Gasteiger partial charge in [0, 0.05) is 86.0 Å². The fourth-order valence-electron chi connectivity index (χ4n) is 12.3. The van der Waals surface area contributed by atoms with Crippen LogP contribution in [0.5, 0.6) is 0 Å². The maximum absolute atomic E-state index is 12.3. The Bertz CT molecular complexity index is 5070. The van der Waals surface area contributed by atoms with Crippen LogP contribution >= 0.6 is 22.7 Å². The van der Waals surface area contributed by atoms with E-state index in [1.165, 1.54) is 20.2 Å². The molecule has 0 saturated heterocycles. The van der Waals surface area contributed by atoms with Gasteiger partial charge in [0.2, 0.25) is 5.69 Å². The smallest absolute Gasteiger partial charge is 0.220 e. The number of fused-ring (bicyclic) bond motifs is 17. The van der Waals surface area contributed by atoms with Crippen LogP contribution in [0, 0.1) is 17.9 Å². The molecule has 5 nitrogen and oxygen atoms in total. The van der Waals surface area contributed by atoms with E-state index >= 15 is 0 Å². The number of para-hydroxylation sites is 2. The summed E-state index contributed by atoms with van der Waals surface area (Å²) in [5.41, 5.74) is 12.7. The van der Waals surface area contributed by atoms with Crippen molar-refractivity contribution in [3.8, 4) is 50.8 Å². The van der Waals surface area contributed by atoms with E-state index in [0.29, 0.717) is 22.5 Å². The quantitative estimate of drug-likeness (QED) is 0.161. The molecule has 0 fully saturated rings. The maximum atomic E-state index is 12.3. The average Bonchev–Trinajstić information content (AvgIpc) is 4.43. The molecule has 16 rings (SSSR count). The molecular weight excluding hydrogens is 953 g/mol. The topological polar surface area (TPSA) is 51.1 Å². The fourth-order valence-corrected chi connectivity index (χ4v) is 14.7. The molecule has 11 aromatic carbocycles. The van der Waals surface area contributed by atoms with Gasteiger partial charge in [-0.15, -0.1) is 22.7 Å². The third kappa shape index (κ3) is 5.79. The lowest BCUT2D eigenvalue weighted by atomic mass is 9.88. The minimum absolute atomic E-state index is 0.402. The molecule has 0 amide bonds. The molecular formula is C68H36N4OS2. The van der Waals surface area contributed by atoms with Gasteiger partial charge in [0.15, 0.2) is 0 Å². The number of thiophene rings is 2. The molecule has 0 bridgehead atoms. The monoisotopic (exact) mass is 988 g/mol. The lowest BCUT2D eigenvalue weighted by Gasteiger charge is -2.26. The number of nitrogens with zero attached hydrogens (tertiary/aromatic N) is 4. The molecule has 75 heavy (non-hydrogen) atoms. The van der Waals surface area contributed by atoms with Gasteiger partial charge in [0.05, 0.1) is 55.0 Å². The summed E-state index contributed by atoms with van der Waals surface area (Å²) in [5.74, 6) is 0. The Morgan fingerprint density at radius 3 is 1.55 bits per heavy atom. The van der Waals surface area contributed by atoms with Crippen LogP contribution in [-0.2, 0) is 0 Å². The van der Waals surface area contributed by atoms with Gasteiger partial charge in [-0.1, -0.05) is 188 Å². The van der Waals surface area contributed by atoms with Gasteiger partial charge in [-0.05, 0) is 41.0 Å². The highest BCUT2D eigenvalue weighted by Crippen LogP contribution is 2.55. The minimum atomic E-state index is 0.402. The number of rotatable bonds is 5. The zero-order valence-corrected chi connectivity index (χ0v) is 41.4. The van der Waals surface area contributed by atoms with Crippen molar-refractivity contribution >= 4 is 134 Å². The molecule has 0 unspecified atom stereocenters. The largest absolute Gasteiger partial charge is 0.456 e. The van der Waals surface area contributed by atoms with Gasteiger partial charge in [-0.3, -0.25) is 0 Å². The van der Waals surface area contributed by atoms with Crippen molar-refractivity contribution in [3.63, 3.8) is 0 Å². The second-order valence-electron chi connectivity index (χ2n) is 19.2. The van der Waals surface area contributed by atoms with E-state index < -0.39 is 0 Å². The summed E-state index contributed by atoms with van der Waals surface area (Å²) in [6.07, 6.45) is 0. The number of hydrogen-bond donors (Lipinski definition) is 0. The summed E-state index contributed by atoms with van der Waals surface area (Å²) in [7, 11) is 0. The van der Waals surface area contributed by atoms with Crippen molar-refractivity contribution in [2.24, 2.45) is 0 Å². The molecule has 0 aliphatic rings. The molecule has 0 N–H and O–H groups in total. The molecule has 0 radical (unpaired) electrons. The van der Waals surface area contributed by atoms with Gasteiger partial charge in [0.25, 0.3) is 0 Å². The van der Waals surface area contributed by atoms with Gasteiger partial charge < -0.3 is 13.6 Å². The molecule has 16 aromatic rings. The summed E-state index contributed by atoms with van der Waals surface area (Å²) in [5, 5.41) is 23.3. The molecule has 5 aromatic heterocycles. The zero-order valence-electron chi connectivity index (χ0n) is 39.8. The van der Waals surface area contributed by atoms with E-state index in [1.54, 1.807) is 22.7 Å². The molecule has 7 heteroatoms. The van der Waals surface area contributed by atoms with Crippen LogP contribution in [0.2, 0.25) is 0 Å². The van der Waals surface area contributed by atoms with Crippen LogP contribution in [0.1, 0.15) is 5.56 Å². The highest BCUT2D eigenvalue weighted by Gasteiger charge is 2.34. The Balaban J connectivity index is 1.22. The third-order valence-corrected chi connectivity index (χ3v) is 17.8. The average molecular weight is 989 g/mol. The number of furan rings is 1. The Hall–Kier alpha value is -9.76. The van der Waals surface area contributed by atoms with E-state index in [-0.39, 0.29) is 0 Å². The van der Waals surface area contributed by atoms with Gasteiger partial charge >= 0.3 is 0 Å². The molecule has 0 spiro atoms. The van der Waals surface area contributed by atoms with Crippen LogP contribution in [0.15, 0.2) is 223 Å². The standard InChI is InChI=1S/C68H36N4OS2/c1-70-61-59(40-20-7-3-8-21-40)53(38-69)63(71-54-37-56-52(43-24-11-14-29-55(43)73-56)36-51(54)46-28-17-27-42(62(46)71)39-18-5-2-6-19-39)60(41-22-9-4-10-23-41)66(61)72-64-47(32-34-49-44-25-12-15-30-57(44)74-67(49)64)48-33-35-50-45-26-13-16-31-58(45)75-68(50)65(48)72/h2-37H. The van der Waals surface area contributed by atoms with E-state index in [4.69, 9.17) is 9.26 Å². The molecule has 0 aliphatic heterocycles. The first kappa shape index (κ1) is 41.8. The second kappa shape index (κ2) is 15.9. The Labute approximate surface area is 436 Å². The highest BCUT2D eigenvalue weighted by atomic mass is 32.1. The number of benzene rings is 11. The number of hydrogen-bond acceptors (Lipinski definition) is 4. The first-order chi connectivity index (χ1) is 37.2. The fraction of sp³-hybridized carbons (Fsp3) is 0. The van der Waals surface area contributed by atoms with Crippen LogP contribution in [-0.4, -0.2) is 9.13 Å². The number of nitriles is 1. The maximum Gasteiger partial charge on any atom is 0.220 e. The van der Waals surface area contributed by atoms with Crippen molar-refractivity contribution in [2.75, 3.05) is 0 Å². The van der Waals surface area contributed by atoms with Crippen LogP contribution in [0.4, 0.5) is 5.69 Å². The van der Waals surface area contributed by atoms with Gasteiger partial charge in [0.1, 0.15) is 17.2 Å². The van der Waals surface area contributed by atoms with Crippen LogP contribution < -0.4 is 0 Å². The van der Waals surface area contributed by atoms with E-state index in [0.717, 1.165) is 119 Å². The Morgan fingerprint density at radius 2 is 0.933 bits per heavy atom. The first-order valence-electron chi connectivity index (χ1n) is 24.9.